The first-order valence-electron chi connectivity index (χ1n) is 12.9. The van der Waals surface area contributed by atoms with Crippen molar-refractivity contribution in [2.24, 2.45) is 5.92 Å². The van der Waals surface area contributed by atoms with Gasteiger partial charge in [0, 0.05) is 59.6 Å². The molecule has 8 heteroatoms. The molecule has 0 bridgehead atoms. The zero-order valence-corrected chi connectivity index (χ0v) is 23.6. The minimum Gasteiger partial charge on any atom is -0.496 e. The Kier molecular flexibility index (Phi) is 7.18. The Labute approximate surface area is 231 Å². The molecular weight excluding hydrogens is 546 g/mol. The summed E-state index contributed by atoms with van der Waals surface area (Å²) in [6.07, 6.45) is 2.45. The van der Waals surface area contributed by atoms with Crippen LogP contribution in [0, 0.1) is 19.8 Å². The van der Waals surface area contributed by atoms with E-state index in [2.05, 4.69) is 28.6 Å². The van der Waals surface area contributed by atoms with Crippen LogP contribution in [0.25, 0.3) is 10.9 Å². The molecule has 0 atom stereocenters. The number of Topliss-reactive ketones (excluding diaryl/α,β-unsaturated/α-hetero) is 1. The van der Waals surface area contributed by atoms with E-state index in [1.54, 1.807) is 12.0 Å². The van der Waals surface area contributed by atoms with Crippen LogP contribution in [0.15, 0.2) is 47.5 Å². The third-order valence-corrected chi connectivity index (χ3v) is 8.27. The number of hydrogen-bond donors (Lipinski definition) is 0. The highest BCUT2D eigenvalue weighted by molar-refractivity contribution is 9.10. The SMILES string of the molecule is C=CC(=O)N1CC(CC(=O)Cn2c(C)c(C(=O)N3CCc4c(cccc4OC)C3)c3cc(Br)cc(C)c32)C1. The highest BCUT2D eigenvalue weighted by atomic mass is 79.9. The second-order valence-corrected chi connectivity index (χ2v) is 11.2. The average Bonchev–Trinajstić information content (AvgIpc) is 3.14. The molecule has 0 aliphatic carbocycles. The number of carbonyl (C=O) groups is 3. The fourth-order valence-corrected chi connectivity index (χ4v) is 6.49. The molecule has 2 aliphatic heterocycles. The summed E-state index contributed by atoms with van der Waals surface area (Å²) in [4.78, 5) is 42.5. The molecule has 2 amide bonds. The van der Waals surface area contributed by atoms with Gasteiger partial charge in [-0.15, -0.1) is 0 Å². The van der Waals surface area contributed by atoms with Crippen LogP contribution in [0.4, 0.5) is 0 Å². The number of ether oxygens (including phenoxy) is 1. The van der Waals surface area contributed by atoms with Crippen molar-refractivity contribution in [2.45, 2.75) is 39.8 Å². The molecule has 1 fully saturated rings. The summed E-state index contributed by atoms with van der Waals surface area (Å²) < 4.78 is 8.43. The number of methoxy groups -OCH3 is 1. The summed E-state index contributed by atoms with van der Waals surface area (Å²) in [6, 6.07) is 9.98. The van der Waals surface area contributed by atoms with E-state index in [0.717, 1.165) is 49.9 Å². The Morgan fingerprint density at radius 1 is 1.16 bits per heavy atom. The topological polar surface area (TPSA) is 71.9 Å². The predicted molar refractivity (Wildman–Crippen MR) is 150 cm³/mol. The first-order chi connectivity index (χ1) is 18.2. The first-order valence-corrected chi connectivity index (χ1v) is 13.7. The lowest BCUT2D eigenvalue weighted by Gasteiger charge is -2.38. The molecule has 38 heavy (non-hydrogen) atoms. The third-order valence-electron chi connectivity index (χ3n) is 7.81. The molecular formula is C30H32BrN3O4. The van der Waals surface area contributed by atoms with Crippen molar-refractivity contribution in [3.63, 3.8) is 0 Å². The van der Waals surface area contributed by atoms with Crippen molar-refractivity contribution in [3.8, 4) is 5.75 Å². The maximum atomic E-state index is 14.0. The summed E-state index contributed by atoms with van der Waals surface area (Å²) in [6.45, 7) is 9.95. The minimum atomic E-state index is -0.0934. The number of aryl methyl sites for hydroxylation is 1. The molecule has 0 spiro atoms. The van der Waals surface area contributed by atoms with Gasteiger partial charge in [-0.25, -0.2) is 0 Å². The van der Waals surface area contributed by atoms with E-state index in [1.165, 1.54) is 6.08 Å². The third kappa shape index (κ3) is 4.66. The number of hydrogen-bond acceptors (Lipinski definition) is 4. The first kappa shape index (κ1) is 26.2. The summed E-state index contributed by atoms with van der Waals surface area (Å²) in [5.74, 6) is 1.01. The van der Waals surface area contributed by atoms with Gasteiger partial charge >= 0.3 is 0 Å². The van der Waals surface area contributed by atoms with Gasteiger partial charge in [-0.3, -0.25) is 14.4 Å². The number of fused-ring (bicyclic) bond motifs is 2. The summed E-state index contributed by atoms with van der Waals surface area (Å²) in [7, 11) is 1.68. The second kappa shape index (κ2) is 10.4. The Morgan fingerprint density at radius 2 is 1.92 bits per heavy atom. The highest BCUT2D eigenvalue weighted by Crippen LogP contribution is 2.35. The standard InChI is InChI=1S/C30H32BrN3O4/c1-5-27(36)33-14-20(15-33)12-23(35)17-34-19(3)28(25-13-22(31)11-18(2)29(25)34)30(37)32-10-9-24-21(16-32)7-6-8-26(24)38-4/h5-8,11,13,20H,1,9-10,12,14-17H2,2-4H3. The summed E-state index contributed by atoms with van der Waals surface area (Å²) in [5.41, 5.74) is 5.63. The van der Waals surface area contributed by atoms with Gasteiger partial charge in [-0.1, -0.05) is 34.6 Å². The van der Waals surface area contributed by atoms with E-state index in [0.29, 0.717) is 38.2 Å². The van der Waals surface area contributed by atoms with Gasteiger partial charge in [-0.05, 0) is 55.7 Å². The van der Waals surface area contributed by atoms with Crippen molar-refractivity contribution < 1.29 is 19.1 Å². The van der Waals surface area contributed by atoms with Crippen molar-refractivity contribution >= 4 is 44.4 Å². The largest absolute Gasteiger partial charge is 0.496 e. The molecule has 0 N–H and O–H groups in total. The number of likely N-dealkylation sites (tertiary alicyclic amines) is 1. The Bertz CT molecular complexity index is 1470. The number of carbonyl (C=O) groups excluding carboxylic acids is 3. The molecule has 0 unspecified atom stereocenters. The van der Waals surface area contributed by atoms with Crippen LogP contribution in [0.1, 0.15) is 39.2 Å². The van der Waals surface area contributed by atoms with Crippen LogP contribution in [-0.4, -0.2) is 58.7 Å². The molecule has 5 rings (SSSR count). The van der Waals surface area contributed by atoms with Gasteiger partial charge < -0.3 is 19.1 Å². The van der Waals surface area contributed by atoms with Gasteiger partial charge in [0.05, 0.1) is 24.7 Å². The van der Waals surface area contributed by atoms with Crippen LogP contribution in [0.2, 0.25) is 0 Å². The van der Waals surface area contributed by atoms with Crippen molar-refractivity contribution in [1.82, 2.24) is 14.4 Å². The zero-order valence-electron chi connectivity index (χ0n) is 22.1. The number of amides is 2. The molecule has 1 aromatic heterocycles. The van der Waals surface area contributed by atoms with E-state index in [4.69, 9.17) is 4.74 Å². The number of benzene rings is 2. The van der Waals surface area contributed by atoms with Crippen LogP contribution in [-0.2, 0) is 29.1 Å². The monoisotopic (exact) mass is 577 g/mol. The van der Waals surface area contributed by atoms with Gasteiger partial charge in [0.15, 0.2) is 5.78 Å². The smallest absolute Gasteiger partial charge is 0.256 e. The van der Waals surface area contributed by atoms with Crippen molar-refractivity contribution in [2.75, 3.05) is 26.7 Å². The van der Waals surface area contributed by atoms with Crippen LogP contribution >= 0.6 is 15.9 Å². The number of rotatable bonds is 7. The number of aromatic nitrogens is 1. The van der Waals surface area contributed by atoms with Crippen LogP contribution in [0.3, 0.4) is 0 Å². The van der Waals surface area contributed by atoms with E-state index in [-0.39, 0.29) is 30.1 Å². The van der Waals surface area contributed by atoms with E-state index >= 15 is 0 Å². The number of halogens is 1. The predicted octanol–water partition coefficient (Wildman–Crippen LogP) is 4.83. The molecule has 7 nitrogen and oxygen atoms in total. The molecule has 3 aromatic rings. The maximum absolute atomic E-state index is 14.0. The molecule has 1 saturated heterocycles. The zero-order chi connectivity index (χ0) is 27.1. The minimum absolute atomic E-state index is 0.0257. The lowest BCUT2D eigenvalue weighted by Crippen LogP contribution is -2.50. The molecule has 198 valence electrons. The lowest BCUT2D eigenvalue weighted by atomic mass is 9.94. The van der Waals surface area contributed by atoms with Crippen molar-refractivity contribution in [1.29, 1.82) is 0 Å². The van der Waals surface area contributed by atoms with E-state index < -0.39 is 0 Å². The van der Waals surface area contributed by atoms with E-state index in [9.17, 15) is 14.4 Å². The van der Waals surface area contributed by atoms with Gasteiger partial charge in [-0.2, -0.15) is 0 Å². The quantitative estimate of drug-likeness (QED) is 0.377. The molecule has 0 saturated carbocycles. The van der Waals surface area contributed by atoms with Crippen LogP contribution < -0.4 is 4.74 Å². The van der Waals surface area contributed by atoms with Gasteiger partial charge in [0.1, 0.15) is 5.75 Å². The average molecular weight is 579 g/mol. The fourth-order valence-electron chi connectivity index (χ4n) is 5.92. The molecule has 2 aliphatic rings. The number of nitrogens with zero attached hydrogens (tertiary/aromatic N) is 3. The molecule has 3 heterocycles. The second-order valence-electron chi connectivity index (χ2n) is 10.3. The Morgan fingerprint density at radius 3 is 2.63 bits per heavy atom. The molecule has 2 aromatic carbocycles. The Hall–Kier alpha value is -3.39. The van der Waals surface area contributed by atoms with Gasteiger partial charge in [0.2, 0.25) is 5.91 Å². The van der Waals surface area contributed by atoms with Crippen molar-refractivity contribution in [3.05, 3.63) is 75.4 Å². The number of ketones is 1. The lowest BCUT2D eigenvalue weighted by molar-refractivity contribution is -0.134. The maximum Gasteiger partial charge on any atom is 0.256 e. The van der Waals surface area contributed by atoms with Crippen LogP contribution in [0.5, 0.6) is 5.75 Å². The highest BCUT2D eigenvalue weighted by Gasteiger charge is 2.32. The Balaban J connectivity index is 1.43. The van der Waals surface area contributed by atoms with E-state index in [1.807, 2.05) is 47.6 Å². The summed E-state index contributed by atoms with van der Waals surface area (Å²) in [5, 5.41) is 0.856. The van der Waals surface area contributed by atoms with Gasteiger partial charge in [0.25, 0.3) is 5.91 Å². The summed E-state index contributed by atoms with van der Waals surface area (Å²) >= 11 is 3.60. The molecule has 0 radical (unpaired) electrons. The fraction of sp³-hybridized carbons (Fsp3) is 0.367. The normalized spacial score (nSPS) is 15.3.